The number of para-hydroxylation sites is 1. The molecular formula is C28H21F3N4O2. The molecule has 9 heteroatoms. The van der Waals surface area contributed by atoms with Crippen LogP contribution >= 0.6 is 0 Å². The Labute approximate surface area is 209 Å². The lowest BCUT2D eigenvalue weighted by atomic mass is 9.93. The van der Waals surface area contributed by atoms with Crippen LogP contribution in [0.15, 0.2) is 42.6 Å². The number of aryl methyl sites for hydroxylation is 3. The third-order valence-electron chi connectivity index (χ3n) is 7.25. The Bertz CT molecular complexity index is 1810. The van der Waals surface area contributed by atoms with Crippen molar-refractivity contribution in [1.82, 2.24) is 14.1 Å². The van der Waals surface area contributed by atoms with Gasteiger partial charge < -0.3 is 14.0 Å². The van der Waals surface area contributed by atoms with E-state index in [1.165, 1.54) is 6.20 Å². The van der Waals surface area contributed by atoms with Crippen LogP contribution in [0.5, 0.6) is 0 Å². The van der Waals surface area contributed by atoms with Crippen LogP contribution in [0.25, 0.3) is 33.1 Å². The van der Waals surface area contributed by atoms with Gasteiger partial charge in [-0.1, -0.05) is 18.2 Å². The van der Waals surface area contributed by atoms with E-state index in [1.807, 2.05) is 37.6 Å². The number of hydrogen-bond donors (Lipinski definition) is 0. The lowest BCUT2D eigenvalue weighted by molar-refractivity contribution is -0.118. The molecule has 0 saturated carbocycles. The fraction of sp³-hybridized carbons (Fsp3) is 0.179. The van der Waals surface area contributed by atoms with Gasteiger partial charge in [0.15, 0.2) is 23.2 Å². The first-order valence-corrected chi connectivity index (χ1v) is 11.6. The van der Waals surface area contributed by atoms with Gasteiger partial charge in [0.2, 0.25) is 5.91 Å². The van der Waals surface area contributed by atoms with E-state index < -0.39 is 23.2 Å². The van der Waals surface area contributed by atoms with Gasteiger partial charge in [-0.15, -0.1) is 0 Å². The monoisotopic (exact) mass is 502 g/mol. The van der Waals surface area contributed by atoms with Crippen LogP contribution < -0.4 is 4.90 Å². The number of rotatable bonds is 2. The van der Waals surface area contributed by atoms with Gasteiger partial charge >= 0.3 is 0 Å². The number of likely N-dealkylation sites (N-methyl/N-ethyl adjacent to an activating group) is 1. The molecule has 6 nitrogen and oxygen atoms in total. The average Bonchev–Trinajstić information content (AvgIpc) is 3.37. The smallest absolute Gasteiger partial charge is 0.246 e. The maximum absolute atomic E-state index is 13.9. The highest BCUT2D eigenvalue weighted by Crippen LogP contribution is 2.44. The van der Waals surface area contributed by atoms with Crippen molar-refractivity contribution < 1.29 is 22.8 Å². The van der Waals surface area contributed by atoms with Crippen molar-refractivity contribution in [3.8, 4) is 11.1 Å². The Morgan fingerprint density at radius 1 is 1.03 bits per heavy atom. The van der Waals surface area contributed by atoms with E-state index in [0.29, 0.717) is 34.2 Å². The van der Waals surface area contributed by atoms with Crippen LogP contribution in [0.4, 0.5) is 18.9 Å². The van der Waals surface area contributed by atoms with Crippen LogP contribution in [0.2, 0.25) is 0 Å². The Balaban J connectivity index is 1.67. The normalized spacial score (nSPS) is 13.3. The van der Waals surface area contributed by atoms with Gasteiger partial charge in [0.05, 0.1) is 16.7 Å². The van der Waals surface area contributed by atoms with Crippen molar-refractivity contribution in [3.63, 3.8) is 0 Å². The molecule has 0 radical (unpaired) electrons. The molecule has 37 heavy (non-hydrogen) atoms. The van der Waals surface area contributed by atoms with Crippen molar-refractivity contribution >= 4 is 39.3 Å². The maximum atomic E-state index is 13.9. The molecule has 5 aromatic rings. The zero-order valence-electron chi connectivity index (χ0n) is 20.5. The molecule has 1 amide bonds. The third-order valence-corrected chi connectivity index (χ3v) is 7.25. The minimum atomic E-state index is -1.64. The SMILES string of the molecule is Cc1cc2c(nc(C)n2C)c2c1-c1cccc3c(C(=O)c4cc(F)c(F)c(F)c4)cn(c13)CC(=O)N2C. The van der Waals surface area contributed by atoms with E-state index in [-0.39, 0.29) is 23.6 Å². The molecule has 0 bridgehead atoms. The molecule has 6 rings (SSSR count). The second kappa shape index (κ2) is 7.80. The average molecular weight is 502 g/mol. The molecule has 0 saturated heterocycles. The first kappa shape index (κ1) is 23.0. The van der Waals surface area contributed by atoms with E-state index in [9.17, 15) is 22.8 Å². The standard InChI is InChI=1S/C28H21F3N4O2/c1-13-8-21-25(32-14(2)33(21)3)27-23(13)17-7-5-6-16-18(11-35(26(16)17)12-22(36)34(27)4)28(37)15-9-19(29)24(31)20(30)10-15/h5-11H,12H2,1-4H3. The van der Waals surface area contributed by atoms with Crippen molar-refractivity contribution in [2.24, 2.45) is 7.05 Å². The predicted octanol–water partition coefficient (Wildman–Crippen LogP) is 5.44. The molecule has 3 heterocycles. The van der Waals surface area contributed by atoms with Crippen molar-refractivity contribution in [2.75, 3.05) is 11.9 Å². The molecule has 2 aromatic heterocycles. The van der Waals surface area contributed by atoms with Crippen LogP contribution in [0, 0.1) is 31.3 Å². The lowest BCUT2D eigenvalue weighted by Crippen LogP contribution is -2.31. The van der Waals surface area contributed by atoms with E-state index in [4.69, 9.17) is 4.98 Å². The maximum Gasteiger partial charge on any atom is 0.246 e. The van der Waals surface area contributed by atoms with Crippen LogP contribution in [-0.4, -0.2) is 32.9 Å². The summed E-state index contributed by atoms with van der Waals surface area (Å²) in [6, 6.07) is 8.84. The number of benzene rings is 3. The summed E-state index contributed by atoms with van der Waals surface area (Å²) in [5.41, 5.74) is 5.28. The Kier molecular flexibility index (Phi) is 4.85. The molecule has 0 fully saturated rings. The highest BCUT2D eigenvalue weighted by atomic mass is 19.2. The van der Waals surface area contributed by atoms with Crippen molar-refractivity contribution in [2.45, 2.75) is 20.4 Å². The summed E-state index contributed by atoms with van der Waals surface area (Å²) < 4.78 is 45.0. The molecule has 0 atom stereocenters. The summed E-state index contributed by atoms with van der Waals surface area (Å²) in [4.78, 5) is 33.2. The number of carbonyl (C=O) groups excluding carboxylic acids is 2. The summed E-state index contributed by atoms with van der Waals surface area (Å²) >= 11 is 0. The van der Waals surface area contributed by atoms with Gasteiger partial charge in [-0.2, -0.15) is 0 Å². The van der Waals surface area contributed by atoms with Gasteiger partial charge in [0.1, 0.15) is 17.9 Å². The van der Waals surface area contributed by atoms with Gasteiger partial charge in [-0.25, -0.2) is 18.2 Å². The van der Waals surface area contributed by atoms with Crippen LogP contribution in [-0.2, 0) is 18.4 Å². The number of nitrogens with zero attached hydrogens (tertiary/aromatic N) is 4. The number of aromatic nitrogens is 3. The van der Waals surface area contributed by atoms with Crippen molar-refractivity contribution in [3.05, 3.63) is 82.6 Å². The number of imidazole rings is 1. The third kappa shape index (κ3) is 3.16. The molecule has 0 spiro atoms. The van der Waals surface area contributed by atoms with E-state index in [1.54, 1.807) is 28.6 Å². The summed E-state index contributed by atoms with van der Waals surface area (Å²) in [7, 11) is 3.63. The fourth-order valence-corrected chi connectivity index (χ4v) is 5.30. The quantitative estimate of drug-likeness (QED) is 0.239. The number of ketones is 1. The molecular weight excluding hydrogens is 481 g/mol. The largest absolute Gasteiger partial charge is 0.337 e. The first-order valence-electron chi connectivity index (χ1n) is 11.6. The number of halogens is 3. The lowest BCUT2D eigenvalue weighted by Gasteiger charge is -2.26. The fourth-order valence-electron chi connectivity index (χ4n) is 5.30. The minimum absolute atomic E-state index is 0.0654. The Morgan fingerprint density at radius 2 is 1.73 bits per heavy atom. The number of anilines is 1. The zero-order chi connectivity index (χ0) is 26.3. The molecule has 0 aliphatic carbocycles. The van der Waals surface area contributed by atoms with Crippen molar-refractivity contribution in [1.29, 1.82) is 0 Å². The molecule has 0 N–H and O–H groups in total. The van der Waals surface area contributed by atoms with Crippen LogP contribution in [0.3, 0.4) is 0 Å². The molecule has 186 valence electrons. The first-order chi connectivity index (χ1) is 17.6. The molecule has 3 aromatic carbocycles. The summed E-state index contributed by atoms with van der Waals surface area (Å²) in [5.74, 6) is -4.61. The Hall–Kier alpha value is -4.40. The Morgan fingerprint density at radius 3 is 2.43 bits per heavy atom. The highest BCUT2D eigenvalue weighted by molar-refractivity contribution is 6.20. The van der Waals surface area contributed by atoms with Gasteiger partial charge in [0, 0.05) is 47.9 Å². The van der Waals surface area contributed by atoms with E-state index in [2.05, 4.69) is 0 Å². The summed E-state index contributed by atoms with van der Waals surface area (Å²) in [5, 5.41) is 0.521. The second-order valence-corrected chi connectivity index (χ2v) is 9.41. The van der Waals surface area contributed by atoms with E-state index >= 15 is 0 Å². The topological polar surface area (TPSA) is 60.1 Å². The predicted molar refractivity (Wildman–Crippen MR) is 134 cm³/mol. The number of fused-ring (bicyclic) bond motifs is 4. The zero-order valence-corrected chi connectivity index (χ0v) is 20.5. The van der Waals surface area contributed by atoms with Gasteiger partial charge in [0.25, 0.3) is 0 Å². The van der Waals surface area contributed by atoms with Gasteiger partial charge in [-0.3, -0.25) is 9.59 Å². The molecule has 1 aliphatic heterocycles. The van der Waals surface area contributed by atoms with Crippen LogP contribution in [0.1, 0.15) is 27.3 Å². The van der Waals surface area contributed by atoms with Gasteiger partial charge in [-0.05, 0) is 37.6 Å². The second-order valence-electron chi connectivity index (χ2n) is 9.41. The highest BCUT2D eigenvalue weighted by Gasteiger charge is 2.30. The molecule has 1 aliphatic rings. The van der Waals surface area contributed by atoms with E-state index in [0.717, 1.165) is 28.0 Å². The summed E-state index contributed by atoms with van der Waals surface area (Å²) in [6.07, 6.45) is 1.52. The molecule has 0 unspecified atom stereocenters. The number of hydrogen-bond acceptors (Lipinski definition) is 3. The minimum Gasteiger partial charge on any atom is -0.337 e. The number of amides is 1. The number of carbonyl (C=O) groups is 2. The summed E-state index contributed by atoms with van der Waals surface area (Å²) in [6.45, 7) is 3.80.